The number of anilines is 1. The van der Waals surface area contributed by atoms with E-state index in [1.807, 2.05) is 0 Å². The lowest BCUT2D eigenvalue weighted by atomic mass is 10.1. The Kier molecular flexibility index (Phi) is 6.64. The fourth-order valence-electron chi connectivity index (χ4n) is 2.13. The second-order valence-corrected chi connectivity index (χ2v) is 9.35. The lowest BCUT2D eigenvalue weighted by molar-refractivity contribution is -0.112. The summed E-state index contributed by atoms with van der Waals surface area (Å²) < 4.78 is 37.1. The minimum absolute atomic E-state index is 0.0371. The molecule has 158 valence electrons. The average molecular weight is 523 g/mol. The molecule has 0 atom stereocenters. The van der Waals surface area contributed by atoms with Crippen molar-refractivity contribution in [3.8, 4) is 11.8 Å². The third-order valence-electron chi connectivity index (χ3n) is 3.52. The van der Waals surface area contributed by atoms with Gasteiger partial charge in [-0.25, -0.2) is 13.2 Å². The zero-order chi connectivity index (χ0) is 22.6. The molecule has 31 heavy (non-hydrogen) atoms. The summed E-state index contributed by atoms with van der Waals surface area (Å²) in [5.74, 6) is -1.22. The van der Waals surface area contributed by atoms with E-state index >= 15 is 0 Å². The third kappa shape index (κ3) is 5.63. The molecule has 1 amide bonds. The standard InChI is InChI=1S/C18H11BrN4O6S2/c1-31(26,27)18-22-17(30-23-18)21-15(24)11(9-20)7-10-4-5-13(12(19)8-10)29-16(25)14-3-2-6-28-14/h2-8H,1H3,(H,21,22,23,24). The number of esters is 1. The molecule has 0 spiro atoms. The molecule has 1 N–H and O–H groups in total. The Morgan fingerprint density at radius 2 is 2.13 bits per heavy atom. The molecule has 1 aromatic carbocycles. The summed E-state index contributed by atoms with van der Waals surface area (Å²) in [5, 5.41) is 11.2. The van der Waals surface area contributed by atoms with Gasteiger partial charge in [-0.1, -0.05) is 6.07 Å². The molecular weight excluding hydrogens is 512 g/mol. The topological polar surface area (TPSA) is 152 Å². The van der Waals surface area contributed by atoms with E-state index in [0.29, 0.717) is 21.6 Å². The number of hydrogen-bond acceptors (Lipinski definition) is 10. The molecule has 0 bridgehead atoms. The van der Waals surface area contributed by atoms with Crippen molar-refractivity contribution < 1.29 is 27.2 Å². The number of sulfone groups is 1. The molecule has 0 unspecified atom stereocenters. The Hall–Kier alpha value is -3.34. The van der Waals surface area contributed by atoms with Gasteiger partial charge in [-0.2, -0.15) is 14.6 Å². The number of carbonyl (C=O) groups is 2. The van der Waals surface area contributed by atoms with Crippen molar-refractivity contribution in [2.24, 2.45) is 0 Å². The van der Waals surface area contributed by atoms with E-state index in [1.54, 1.807) is 18.2 Å². The van der Waals surface area contributed by atoms with Crippen LogP contribution in [-0.2, 0) is 14.6 Å². The fourth-order valence-corrected chi connectivity index (χ4v) is 4.04. The Morgan fingerprint density at radius 3 is 2.71 bits per heavy atom. The van der Waals surface area contributed by atoms with Crippen molar-refractivity contribution >= 4 is 60.4 Å². The van der Waals surface area contributed by atoms with Crippen LogP contribution >= 0.6 is 27.5 Å². The number of ether oxygens (including phenoxy) is 1. The van der Waals surface area contributed by atoms with Gasteiger partial charge in [0.15, 0.2) is 0 Å². The van der Waals surface area contributed by atoms with Gasteiger partial charge in [-0.15, -0.1) is 0 Å². The highest BCUT2D eigenvalue weighted by Gasteiger charge is 2.18. The number of hydrogen-bond donors (Lipinski definition) is 1. The van der Waals surface area contributed by atoms with E-state index in [1.165, 1.54) is 30.5 Å². The SMILES string of the molecule is CS(=O)(=O)c1nsc(NC(=O)C(C#N)=Cc2ccc(OC(=O)c3ccco3)c(Br)c2)n1. The van der Waals surface area contributed by atoms with Gasteiger partial charge in [-0.3, -0.25) is 10.1 Å². The molecule has 0 aliphatic heterocycles. The first kappa shape index (κ1) is 22.3. The van der Waals surface area contributed by atoms with Crippen LogP contribution in [0, 0.1) is 11.3 Å². The number of furan rings is 1. The molecule has 3 rings (SSSR count). The highest BCUT2D eigenvalue weighted by atomic mass is 79.9. The summed E-state index contributed by atoms with van der Waals surface area (Å²) in [5.41, 5.74) is 0.203. The summed E-state index contributed by atoms with van der Waals surface area (Å²) in [7, 11) is -3.61. The number of carbonyl (C=O) groups excluding carboxylic acids is 2. The first-order chi connectivity index (χ1) is 14.7. The molecular formula is C18H11BrN4O6S2. The van der Waals surface area contributed by atoms with Crippen LogP contribution in [0.1, 0.15) is 16.1 Å². The number of rotatable bonds is 6. The maximum atomic E-state index is 12.3. The monoisotopic (exact) mass is 522 g/mol. The third-order valence-corrected chi connectivity index (χ3v) is 5.73. The van der Waals surface area contributed by atoms with Gasteiger partial charge >= 0.3 is 5.97 Å². The number of benzene rings is 1. The average Bonchev–Trinajstić information content (AvgIpc) is 3.39. The molecule has 0 saturated carbocycles. The lowest BCUT2D eigenvalue weighted by Crippen LogP contribution is -2.13. The van der Waals surface area contributed by atoms with Crippen molar-refractivity contribution in [1.29, 1.82) is 5.26 Å². The summed E-state index contributed by atoms with van der Waals surface area (Å²) in [6.45, 7) is 0. The number of amides is 1. The molecule has 10 nitrogen and oxygen atoms in total. The van der Waals surface area contributed by atoms with Gasteiger partial charge in [0, 0.05) is 17.8 Å². The molecule has 0 saturated heterocycles. The molecule has 0 aliphatic carbocycles. The van der Waals surface area contributed by atoms with Crippen molar-refractivity contribution in [3.63, 3.8) is 0 Å². The van der Waals surface area contributed by atoms with E-state index in [9.17, 15) is 23.3 Å². The maximum Gasteiger partial charge on any atom is 0.379 e. The predicted molar refractivity (Wildman–Crippen MR) is 113 cm³/mol. The van der Waals surface area contributed by atoms with Crippen LogP contribution < -0.4 is 10.1 Å². The highest BCUT2D eigenvalue weighted by Crippen LogP contribution is 2.28. The van der Waals surface area contributed by atoms with Gasteiger partial charge in [0.1, 0.15) is 17.4 Å². The van der Waals surface area contributed by atoms with E-state index in [-0.39, 0.29) is 22.2 Å². The van der Waals surface area contributed by atoms with Crippen LogP contribution in [0.3, 0.4) is 0 Å². The minimum Gasteiger partial charge on any atom is -0.457 e. The minimum atomic E-state index is -3.61. The second kappa shape index (κ2) is 9.21. The summed E-state index contributed by atoms with van der Waals surface area (Å²) in [6, 6.07) is 9.34. The molecule has 0 aliphatic rings. The van der Waals surface area contributed by atoms with Crippen LogP contribution in [0.15, 0.2) is 56.2 Å². The molecule has 2 aromatic heterocycles. The van der Waals surface area contributed by atoms with Crippen molar-refractivity contribution in [1.82, 2.24) is 9.36 Å². The van der Waals surface area contributed by atoms with Crippen molar-refractivity contribution in [2.45, 2.75) is 5.16 Å². The first-order valence-corrected chi connectivity index (χ1v) is 11.7. The van der Waals surface area contributed by atoms with Gasteiger partial charge in [0.05, 0.1) is 10.7 Å². The molecule has 13 heteroatoms. The molecule has 0 radical (unpaired) electrons. The highest BCUT2D eigenvalue weighted by molar-refractivity contribution is 9.10. The van der Waals surface area contributed by atoms with Gasteiger partial charge < -0.3 is 9.15 Å². The van der Waals surface area contributed by atoms with Crippen molar-refractivity contribution in [3.05, 3.63) is 58.0 Å². The number of nitriles is 1. The predicted octanol–water partition coefficient (Wildman–Crippen LogP) is 3.06. The number of nitrogens with one attached hydrogen (secondary N) is 1. The van der Waals surface area contributed by atoms with Crippen LogP contribution in [0.5, 0.6) is 5.75 Å². The van der Waals surface area contributed by atoms with Crippen LogP contribution in [-0.4, -0.2) is 35.9 Å². The Balaban J connectivity index is 1.75. The molecule has 0 fully saturated rings. The van der Waals surface area contributed by atoms with Crippen LogP contribution in [0.2, 0.25) is 0 Å². The largest absolute Gasteiger partial charge is 0.457 e. The van der Waals surface area contributed by atoms with E-state index < -0.39 is 26.9 Å². The quantitative estimate of drug-likeness (QED) is 0.222. The normalized spacial score (nSPS) is 11.6. The van der Waals surface area contributed by atoms with Crippen LogP contribution in [0.4, 0.5) is 5.13 Å². The number of halogens is 1. The maximum absolute atomic E-state index is 12.3. The first-order valence-electron chi connectivity index (χ1n) is 8.19. The van der Waals surface area contributed by atoms with Gasteiger partial charge in [-0.05, 0) is 51.8 Å². The Labute approximate surface area is 188 Å². The smallest absolute Gasteiger partial charge is 0.379 e. The van der Waals surface area contributed by atoms with E-state index in [2.05, 4.69) is 30.6 Å². The van der Waals surface area contributed by atoms with Crippen LogP contribution in [0.25, 0.3) is 6.08 Å². The molecule has 3 aromatic rings. The lowest BCUT2D eigenvalue weighted by Gasteiger charge is -2.06. The van der Waals surface area contributed by atoms with E-state index in [0.717, 1.165) is 6.26 Å². The Bertz CT molecular complexity index is 1320. The summed E-state index contributed by atoms with van der Waals surface area (Å²) >= 11 is 3.94. The zero-order valence-corrected chi connectivity index (χ0v) is 18.7. The number of nitrogens with zero attached hydrogens (tertiary/aromatic N) is 3. The summed E-state index contributed by atoms with van der Waals surface area (Å²) in [4.78, 5) is 28.0. The van der Waals surface area contributed by atoms with Crippen molar-refractivity contribution in [2.75, 3.05) is 11.6 Å². The van der Waals surface area contributed by atoms with Gasteiger partial charge in [0.2, 0.25) is 20.7 Å². The fraction of sp³-hybridized carbons (Fsp3) is 0.0556. The zero-order valence-electron chi connectivity index (χ0n) is 15.5. The molecule has 2 heterocycles. The Morgan fingerprint density at radius 1 is 1.35 bits per heavy atom. The van der Waals surface area contributed by atoms with Gasteiger partial charge in [0.25, 0.3) is 11.1 Å². The van der Waals surface area contributed by atoms with E-state index in [4.69, 9.17) is 9.15 Å². The number of aromatic nitrogens is 2. The summed E-state index contributed by atoms with van der Waals surface area (Å²) in [6.07, 6.45) is 3.59. The second-order valence-electron chi connectivity index (χ2n) is 5.83.